The summed E-state index contributed by atoms with van der Waals surface area (Å²) in [5, 5.41) is 0. The van der Waals surface area contributed by atoms with Crippen molar-refractivity contribution in [1.82, 2.24) is 0 Å². The maximum atomic E-state index is 12.4. The summed E-state index contributed by atoms with van der Waals surface area (Å²) in [6.07, 6.45) is 7.39. The lowest BCUT2D eigenvalue weighted by Gasteiger charge is -2.61. The molecule has 4 aliphatic rings. The van der Waals surface area contributed by atoms with E-state index in [4.69, 9.17) is 4.74 Å². The van der Waals surface area contributed by atoms with E-state index in [0.717, 1.165) is 44.9 Å². The molecule has 0 N–H and O–H groups in total. The molecule has 0 amide bonds. The van der Waals surface area contributed by atoms with Gasteiger partial charge in [0, 0.05) is 31.1 Å². The fourth-order valence-electron chi connectivity index (χ4n) is 8.02. The average molecular weight is 375 g/mol. The van der Waals surface area contributed by atoms with Crippen LogP contribution in [0.4, 0.5) is 0 Å². The van der Waals surface area contributed by atoms with Gasteiger partial charge in [-0.05, 0) is 74.5 Å². The van der Waals surface area contributed by atoms with Crippen LogP contribution in [0.5, 0.6) is 0 Å². The summed E-state index contributed by atoms with van der Waals surface area (Å²) in [5.41, 5.74) is -0.0583. The van der Waals surface area contributed by atoms with Crippen molar-refractivity contribution in [1.29, 1.82) is 0 Å². The van der Waals surface area contributed by atoms with Crippen LogP contribution in [0, 0.1) is 40.4 Å². The summed E-state index contributed by atoms with van der Waals surface area (Å²) >= 11 is 0. The summed E-state index contributed by atoms with van der Waals surface area (Å²) in [6, 6.07) is 0. The van der Waals surface area contributed by atoms with E-state index in [9.17, 15) is 14.4 Å². The van der Waals surface area contributed by atoms with Gasteiger partial charge in [0.25, 0.3) is 0 Å². The average Bonchev–Trinajstić information content (AvgIpc) is 2.95. The molecule has 0 heterocycles. The molecule has 0 unspecified atom stereocenters. The summed E-state index contributed by atoms with van der Waals surface area (Å²) in [5.74, 6) is 2.47. The van der Waals surface area contributed by atoms with Gasteiger partial charge in [0.1, 0.15) is 17.7 Å². The van der Waals surface area contributed by atoms with Crippen LogP contribution in [-0.4, -0.2) is 23.6 Å². The van der Waals surface area contributed by atoms with Crippen molar-refractivity contribution in [3.8, 4) is 0 Å². The molecule has 0 aromatic heterocycles. The molecule has 0 aromatic rings. The Hall–Kier alpha value is -1.19. The van der Waals surface area contributed by atoms with Crippen molar-refractivity contribution in [2.45, 2.75) is 85.2 Å². The Morgan fingerprint density at radius 2 is 1.78 bits per heavy atom. The Morgan fingerprint density at radius 1 is 1.04 bits per heavy atom. The van der Waals surface area contributed by atoms with Crippen LogP contribution in [0.25, 0.3) is 0 Å². The number of carbonyl (C=O) groups excluding carboxylic acids is 3. The highest BCUT2D eigenvalue weighted by Gasteiger charge is 2.65. The number of hydrogen-bond acceptors (Lipinski definition) is 4. The van der Waals surface area contributed by atoms with Gasteiger partial charge in [-0.1, -0.05) is 13.8 Å². The second-order valence-corrected chi connectivity index (χ2v) is 10.3. The quantitative estimate of drug-likeness (QED) is 0.675. The molecule has 4 nitrogen and oxygen atoms in total. The molecular formula is C23H34O4. The van der Waals surface area contributed by atoms with E-state index in [0.29, 0.717) is 35.9 Å². The third-order valence-corrected chi connectivity index (χ3v) is 9.36. The van der Waals surface area contributed by atoms with E-state index in [1.807, 2.05) is 0 Å². The first-order valence-electron chi connectivity index (χ1n) is 10.9. The second kappa shape index (κ2) is 6.42. The molecule has 4 saturated carbocycles. The number of rotatable bonds is 2. The maximum Gasteiger partial charge on any atom is 0.302 e. The van der Waals surface area contributed by atoms with E-state index >= 15 is 0 Å². The Bertz CT molecular complexity index is 669. The molecular weight excluding hydrogens is 340 g/mol. The molecule has 150 valence electrons. The highest BCUT2D eigenvalue weighted by molar-refractivity contribution is 5.80. The maximum absolute atomic E-state index is 12.4. The van der Waals surface area contributed by atoms with Crippen molar-refractivity contribution in [2.75, 3.05) is 0 Å². The summed E-state index contributed by atoms with van der Waals surface area (Å²) in [6.45, 7) is 7.82. The molecule has 27 heavy (non-hydrogen) atoms. The van der Waals surface area contributed by atoms with Crippen LogP contribution >= 0.6 is 0 Å². The summed E-state index contributed by atoms with van der Waals surface area (Å²) < 4.78 is 5.93. The number of hydrogen-bond donors (Lipinski definition) is 0. The number of ether oxygens (including phenoxy) is 1. The first kappa shape index (κ1) is 19.1. The van der Waals surface area contributed by atoms with E-state index in [2.05, 4.69) is 13.8 Å². The number of fused-ring (bicyclic) bond motifs is 5. The Labute approximate surface area is 162 Å². The predicted octanol–water partition coefficient (Wildman–Crippen LogP) is 4.35. The molecule has 0 spiro atoms. The Kier molecular flexibility index (Phi) is 4.55. The van der Waals surface area contributed by atoms with Gasteiger partial charge in [0.05, 0.1) is 0 Å². The number of esters is 1. The zero-order chi connectivity index (χ0) is 19.6. The molecule has 0 aromatic carbocycles. The van der Waals surface area contributed by atoms with Gasteiger partial charge < -0.3 is 4.74 Å². The lowest BCUT2D eigenvalue weighted by Crippen LogP contribution is -2.59. The fourth-order valence-corrected chi connectivity index (χ4v) is 8.02. The highest BCUT2D eigenvalue weighted by atomic mass is 16.5. The molecule has 8 atom stereocenters. The third-order valence-electron chi connectivity index (χ3n) is 9.36. The molecule has 0 aliphatic heterocycles. The van der Waals surface area contributed by atoms with Gasteiger partial charge >= 0.3 is 5.97 Å². The first-order valence-corrected chi connectivity index (χ1v) is 10.9. The van der Waals surface area contributed by atoms with Crippen molar-refractivity contribution in [3.05, 3.63) is 0 Å². The Balaban J connectivity index is 1.72. The topological polar surface area (TPSA) is 60.4 Å². The normalized spacial score (nSPS) is 49.0. The minimum atomic E-state index is -0.232. The standard InChI is InChI=1S/C23H34O4/c1-13(24)18-7-8-19-17-6-5-15-11-16(26)9-10-22(15,3)20(17)12-21(23(18,19)4)27-14(2)25/h15,17-21H,5-12H2,1-4H3/t15-,17-,18+,19-,20-,21+,22-,23+/m0/s1. The number of ketones is 2. The molecule has 4 rings (SSSR count). The van der Waals surface area contributed by atoms with Crippen LogP contribution in [0.2, 0.25) is 0 Å². The first-order chi connectivity index (χ1) is 12.7. The van der Waals surface area contributed by atoms with E-state index in [1.54, 1.807) is 6.92 Å². The minimum Gasteiger partial charge on any atom is -0.462 e. The second-order valence-electron chi connectivity index (χ2n) is 10.3. The monoisotopic (exact) mass is 374 g/mol. The highest BCUT2D eigenvalue weighted by Crippen LogP contribution is 2.67. The molecule has 0 radical (unpaired) electrons. The van der Waals surface area contributed by atoms with Crippen LogP contribution in [-0.2, 0) is 19.1 Å². The van der Waals surface area contributed by atoms with Gasteiger partial charge in [0.15, 0.2) is 0 Å². The Morgan fingerprint density at radius 3 is 2.44 bits per heavy atom. The van der Waals surface area contributed by atoms with Crippen molar-refractivity contribution in [3.63, 3.8) is 0 Å². The van der Waals surface area contributed by atoms with Crippen LogP contribution in [0.1, 0.15) is 79.1 Å². The molecule has 4 aliphatic carbocycles. The SMILES string of the molecule is CC(=O)O[C@@H]1C[C@H]2[C@@H](CC[C@H]3CC(=O)CC[C@@]32C)[C@@H]2CC[C@H](C(C)=O)[C@@]12C. The minimum absolute atomic E-state index is 0.00580. The summed E-state index contributed by atoms with van der Waals surface area (Å²) in [4.78, 5) is 36.5. The molecule has 4 fully saturated rings. The smallest absolute Gasteiger partial charge is 0.302 e. The third kappa shape index (κ3) is 2.73. The largest absolute Gasteiger partial charge is 0.462 e. The van der Waals surface area contributed by atoms with Gasteiger partial charge in [-0.25, -0.2) is 0 Å². The van der Waals surface area contributed by atoms with E-state index in [-0.39, 0.29) is 34.6 Å². The van der Waals surface area contributed by atoms with E-state index in [1.165, 1.54) is 6.92 Å². The number of Topliss-reactive ketones (excluding diaryl/α,β-unsaturated/α-hetero) is 2. The fraction of sp³-hybridized carbons (Fsp3) is 0.870. The van der Waals surface area contributed by atoms with Crippen molar-refractivity contribution >= 4 is 17.5 Å². The van der Waals surface area contributed by atoms with Crippen molar-refractivity contribution in [2.24, 2.45) is 40.4 Å². The van der Waals surface area contributed by atoms with Gasteiger partial charge in [-0.2, -0.15) is 0 Å². The molecule has 0 saturated heterocycles. The number of carbonyl (C=O) groups is 3. The van der Waals surface area contributed by atoms with Crippen LogP contribution in [0.3, 0.4) is 0 Å². The summed E-state index contributed by atoms with van der Waals surface area (Å²) in [7, 11) is 0. The van der Waals surface area contributed by atoms with Gasteiger partial charge in [0.2, 0.25) is 0 Å². The van der Waals surface area contributed by atoms with E-state index < -0.39 is 0 Å². The van der Waals surface area contributed by atoms with Gasteiger partial charge in [-0.3, -0.25) is 14.4 Å². The van der Waals surface area contributed by atoms with Crippen LogP contribution in [0.15, 0.2) is 0 Å². The molecule has 0 bridgehead atoms. The lowest BCUT2D eigenvalue weighted by atomic mass is 9.44. The predicted molar refractivity (Wildman–Crippen MR) is 102 cm³/mol. The lowest BCUT2D eigenvalue weighted by molar-refractivity contribution is -0.191. The van der Waals surface area contributed by atoms with Gasteiger partial charge in [-0.15, -0.1) is 0 Å². The van der Waals surface area contributed by atoms with Crippen molar-refractivity contribution < 1.29 is 19.1 Å². The zero-order valence-electron chi connectivity index (χ0n) is 17.3. The zero-order valence-corrected chi connectivity index (χ0v) is 17.3. The van der Waals surface area contributed by atoms with Crippen LogP contribution < -0.4 is 0 Å². The molecule has 4 heteroatoms.